The van der Waals surface area contributed by atoms with E-state index in [0.717, 1.165) is 17.3 Å². The average Bonchev–Trinajstić information content (AvgIpc) is 2.43. The normalized spacial score (nSPS) is 26.0. The minimum atomic E-state index is -0.812. The van der Waals surface area contributed by atoms with E-state index in [-0.39, 0.29) is 12.2 Å². The molecule has 21 heavy (non-hydrogen) atoms. The molecule has 0 bridgehead atoms. The van der Waals surface area contributed by atoms with Crippen LogP contribution in [0, 0.1) is 23.1 Å². The van der Waals surface area contributed by atoms with Crippen LogP contribution >= 0.6 is 15.9 Å². The van der Waals surface area contributed by atoms with E-state index in [9.17, 15) is 14.3 Å². The van der Waals surface area contributed by atoms with Crippen LogP contribution in [0.15, 0.2) is 22.7 Å². The Bertz CT molecular complexity index is 520. The van der Waals surface area contributed by atoms with Crippen molar-refractivity contribution in [3.8, 4) is 0 Å². The van der Waals surface area contributed by atoms with Crippen LogP contribution in [0.25, 0.3) is 0 Å². The lowest BCUT2D eigenvalue weighted by atomic mass is 9.65. The predicted molar refractivity (Wildman–Crippen MR) is 84.7 cm³/mol. The average molecular weight is 357 g/mol. The molecule has 1 fully saturated rings. The van der Waals surface area contributed by atoms with Crippen LogP contribution in [0.5, 0.6) is 0 Å². The van der Waals surface area contributed by atoms with E-state index < -0.39 is 11.4 Å². The van der Waals surface area contributed by atoms with E-state index in [4.69, 9.17) is 0 Å². The summed E-state index contributed by atoms with van der Waals surface area (Å²) < 4.78 is 14.7. The maximum atomic E-state index is 13.9. The molecular weight excluding hydrogens is 335 g/mol. The third kappa shape index (κ3) is 3.65. The largest absolute Gasteiger partial charge is 0.481 e. The van der Waals surface area contributed by atoms with Crippen molar-refractivity contribution in [1.82, 2.24) is 0 Å². The standard InChI is InChI=1S/C17H22BrFO2/c1-11(2)12-5-7-17(8-6-12,16(20)21)10-13-9-14(18)3-4-15(13)19/h3-4,9,11-12H,5-8,10H2,1-2H3,(H,20,21). The first-order valence-electron chi connectivity index (χ1n) is 7.51. The van der Waals surface area contributed by atoms with Gasteiger partial charge >= 0.3 is 5.97 Å². The number of aliphatic carboxylic acids is 1. The minimum Gasteiger partial charge on any atom is -0.481 e. The number of hydrogen-bond acceptors (Lipinski definition) is 1. The van der Waals surface area contributed by atoms with Crippen LogP contribution < -0.4 is 0 Å². The quantitative estimate of drug-likeness (QED) is 0.819. The molecule has 0 saturated heterocycles. The van der Waals surface area contributed by atoms with E-state index >= 15 is 0 Å². The fraction of sp³-hybridized carbons (Fsp3) is 0.588. The molecule has 0 aliphatic heterocycles. The highest BCUT2D eigenvalue weighted by Gasteiger charge is 2.42. The van der Waals surface area contributed by atoms with Crippen molar-refractivity contribution in [3.63, 3.8) is 0 Å². The predicted octanol–water partition coefficient (Wildman–Crippen LogP) is 5.05. The van der Waals surface area contributed by atoms with Crippen LogP contribution in [0.4, 0.5) is 4.39 Å². The Morgan fingerprint density at radius 1 is 1.43 bits per heavy atom. The molecule has 0 radical (unpaired) electrons. The van der Waals surface area contributed by atoms with Gasteiger partial charge in [-0.3, -0.25) is 4.79 Å². The van der Waals surface area contributed by atoms with Gasteiger partial charge in [0.05, 0.1) is 5.41 Å². The van der Waals surface area contributed by atoms with Gasteiger partial charge in [-0.05, 0) is 67.7 Å². The smallest absolute Gasteiger partial charge is 0.309 e. The monoisotopic (exact) mass is 356 g/mol. The molecule has 2 rings (SSSR count). The van der Waals surface area contributed by atoms with E-state index in [1.54, 1.807) is 12.1 Å². The fourth-order valence-electron chi connectivity index (χ4n) is 3.37. The lowest BCUT2D eigenvalue weighted by Crippen LogP contribution is -2.38. The summed E-state index contributed by atoms with van der Waals surface area (Å²) in [5.41, 5.74) is -0.317. The first-order valence-corrected chi connectivity index (χ1v) is 8.31. The first kappa shape index (κ1) is 16.5. The summed E-state index contributed by atoms with van der Waals surface area (Å²) in [6.45, 7) is 4.37. The van der Waals surface area contributed by atoms with Gasteiger partial charge in [-0.1, -0.05) is 29.8 Å². The maximum absolute atomic E-state index is 13.9. The van der Waals surface area contributed by atoms with Gasteiger partial charge in [0.2, 0.25) is 0 Å². The molecule has 1 aliphatic carbocycles. The molecule has 1 saturated carbocycles. The molecule has 0 aromatic heterocycles. The zero-order chi connectivity index (χ0) is 15.6. The zero-order valence-electron chi connectivity index (χ0n) is 12.5. The summed E-state index contributed by atoms with van der Waals surface area (Å²) in [6.07, 6.45) is 3.38. The second kappa shape index (κ2) is 6.47. The van der Waals surface area contributed by atoms with Crippen molar-refractivity contribution < 1.29 is 14.3 Å². The van der Waals surface area contributed by atoms with Crippen LogP contribution in [0.1, 0.15) is 45.1 Å². The Labute approximate surface area is 133 Å². The van der Waals surface area contributed by atoms with Crippen molar-refractivity contribution in [1.29, 1.82) is 0 Å². The Morgan fingerprint density at radius 3 is 2.57 bits per heavy atom. The highest BCUT2D eigenvalue weighted by molar-refractivity contribution is 9.10. The summed E-state index contributed by atoms with van der Waals surface area (Å²) in [7, 11) is 0. The van der Waals surface area contributed by atoms with Gasteiger partial charge in [-0.2, -0.15) is 0 Å². The number of carbonyl (C=O) groups is 1. The molecule has 1 aromatic carbocycles. The third-order valence-electron chi connectivity index (χ3n) is 4.92. The third-order valence-corrected chi connectivity index (χ3v) is 5.41. The zero-order valence-corrected chi connectivity index (χ0v) is 14.1. The number of carboxylic acid groups (broad SMARTS) is 1. The van der Waals surface area contributed by atoms with Crippen LogP contribution in [-0.4, -0.2) is 11.1 Å². The van der Waals surface area contributed by atoms with Gasteiger partial charge in [-0.25, -0.2) is 4.39 Å². The number of benzene rings is 1. The van der Waals surface area contributed by atoms with E-state index in [1.807, 2.05) is 0 Å². The highest BCUT2D eigenvalue weighted by Crippen LogP contribution is 2.44. The van der Waals surface area contributed by atoms with E-state index in [1.165, 1.54) is 6.07 Å². The van der Waals surface area contributed by atoms with Crippen molar-refractivity contribution in [2.75, 3.05) is 0 Å². The van der Waals surface area contributed by atoms with E-state index in [2.05, 4.69) is 29.8 Å². The Hall–Kier alpha value is -0.900. The van der Waals surface area contributed by atoms with Crippen molar-refractivity contribution in [2.45, 2.75) is 46.0 Å². The molecule has 116 valence electrons. The molecule has 2 nitrogen and oxygen atoms in total. The summed E-state index contributed by atoms with van der Waals surface area (Å²) >= 11 is 3.33. The number of halogens is 2. The molecule has 0 spiro atoms. The van der Waals surface area contributed by atoms with Crippen molar-refractivity contribution in [2.24, 2.45) is 17.3 Å². The maximum Gasteiger partial charge on any atom is 0.309 e. The summed E-state index contributed by atoms with van der Waals surface area (Å²) in [6, 6.07) is 4.74. The fourth-order valence-corrected chi connectivity index (χ4v) is 3.78. The topological polar surface area (TPSA) is 37.3 Å². The summed E-state index contributed by atoms with van der Waals surface area (Å²) in [4.78, 5) is 11.8. The molecule has 1 aliphatic rings. The van der Waals surface area contributed by atoms with Gasteiger partial charge in [0, 0.05) is 4.47 Å². The lowest BCUT2D eigenvalue weighted by molar-refractivity contribution is -0.152. The van der Waals surface area contributed by atoms with Crippen LogP contribution in [0.2, 0.25) is 0 Å². The molecule has 4 heteroatoms. The molecule has 1 N–H and O–H groups in total. The Balaban J connectivity index is 2.21. The van der Waals surface area contributed by atoms with Gasteiger partial charge in [0.1, 0.15) is 5.82 Å². The Kier molecular flexibility index (Phi) is 5.07. The van der Waals surface area contributed by atoms with Crippen LogP contribution in [0.3, 0.4) is 0 Å². The van der Waals surface area contributed by atoms with Crippen molar-refractivity contribution in [3.05, 3.63) is 34.1 Å². The van der Waals surface area contributed by atoms with Crippen LogP contribution in [-0.2, 0) is 11.2 Å². The molecule has 0 amide bonds. The van der Waals surface area contributed by atoms with Gasteiger partial charge in [0.25, 0.3) is 0 Å². The second-order valence-electron chi connectivity index (χ2n) is 6.58. The SMILES string of the molecule is CC(C)C1CCC(Cc2cc(Br)ccc2F)(C(=O)O)CC1. The van der Waals surface area contributed by atoms with Crippen molar-refractivity contribution >= 4 is 21.9 Å². The second-order valence-corrected chi connectivity index (χ2v) is 7.50. The molecular formula is C17H22BrFO2. The summed E-state index contributed by atoms with van der Waals surface area (Å²) in [5.74, 6) is 0.0677. The minimum absolute atomic E-state index is 0.276. The van der Waals surface area contributed by atoms with Gasteiger partial charge in [0.15, 0.2) is 0 Å². The highest BCUT2D eigenvalue weighted by atomic mass is 79.9. The first-order chi connectivity index (χ1) is 9.84. The Morgan fingerprint density at radius 2 is 2.05 bits per heavy atom. The molecule has 0 atom stereocenters. The van der Waals surface area contributed by atoms with Gasteiger partial charge < -0.3 is 5.11 Å². The van der Waals surface area contributed by atoms with Gasteiger partial charge in [-0.15, -0.1) is 0 Å². The molecule has 0 unspecified atom stereocenters. The summed E-state index contributed by atoms with van der Waals surface area (Å²) in [5, 5.41) is 9.70. The molecule has 0 heterocycles. The number of rotatable bonds is 4. The number of hydrogen-bond donors (Lipinski definition) is 1. The molecule has 1 aromatic rings. The number of carboxylic acids is 1. The lowest BCUT2D eigenvalue weighted by Gasteiger charge is -2.38. The van der Waals surface area contributed by atoms with E-state index in [0.29, 0.717) is 30.2 Å².